The van der Waals surface area contributed by atoms with E-state index in [-0.39, 0.29) is 4.90 Å². The molecule has 1 fully saturated rings. The van der Waals surface area contributed by atoms with Gasteiger partial charge in [0.2, 0.25) is 0 Å². The number of hydrogen-bond donors (Lipinski definition) is 0. The van der Waals surface area contributed by atoms with Crippen molar-refractivity contribution in [2.24, 2.45) is 0 Å². The molecule has 1 aromatic carbocycles. The molecule has 8 nitrogen and oxygen atoms in total. The number of aromatic nitrogens is 4. The van der Waals surface area contributed by atoms with E-state index in [1.54, 1.807) is 24.5 Å². The van der Waals surface area contributed by atoms with Gasteiger partial charge in [-0.2, -0.15) is 0 Å². The molecule has 0 amide bonds. The van der Waals surface area contributed by atoms with Gasteiger partial charge in [-0.25, -0.2) is 23.4 Å². The summed E-state index contributed by atoms with van der Waals surface area (Å²) in [4.78, 5) is 18.3. The van der Waals surface area contributed by atoms with Gasteiger partial charge >= 0.3 is 0 Å². The van der Waals surface area contributed by atoms with E-state index in [2.05, 4.69) is 30.9 Å². The van der Waals surface area contributed by atoms with Gasteiger partial charge in [0.15, 0.2) is 9.84 Å². The van der Waals surface area contributed by atoms with Gasteiger partial charge in [0, 0.05) is 56.8 Å². The normalized spacial score (nSPS) is 15.8. The van der Waals surface area contributed by atoms with Crippen molar-refractivity contribution in [2.45, 2.75) is 11.4 Å². The second-order valence-corrected chi connectivity index (χ2v) is 9.63. The van der Waals surface area contributed by atoms with Crippen LogP contribution in [0.2, 0.25) is 0 Å². The highest BCUT2D eigenvalue weighted by Crippen LogP contribution is 2.26. The molecule has 0 aliphatic carbocycles. The van der Waals surface area contributed by atoms with Gasteiger partial charge in [0.05, 0.1) is 16.1 Å². The third-order valence-corrected chi connectivity index (χ3v) is 6.60. The van der Waals surface area contributed by atoms with Crippen LogP contribution in [0.1, 0.15) is 5.69 Å². The molecule has 4 aromatic rings. The molecule has 1 aliphatic heterocycles. The highest BCUT2D eigenvalue weighted by molar-refractivity contribution is 7.90. The maximum atomic E-state index is 12.0. The average Bonchev–Trinajstić information content (AvgIpc) is 3.15. The Hall–Kier alpha value is -3.04. The van der Waals surface area contributed by atoms with Crippen LogP contribution in [0.15, 0.2) is 60.0 Å². The number of fused-ring (bicyclic) bond motifs is 2. The minimum atomic E-state index is -3.29. The summed E-state index contributed by atoms with van der Waals surface area (Å²) in [7, 11) is -3.29. The maximum absolute atomic E-state index is 12.0. The molecule has 0 N–H and O–H groups in total. The van der Waals surface area contributed by atoms with Crippen LogP contribution >= 0.6 is 0 Å². The van der Waals surface area contributed by atoms with Crippen LogP contribution < -0.4 is 4.90 Å². The summed E-state index contributed by atoms with van der Waals surface area (Å²) in [5.41, 5.74) is 2.76. The summed E-state index contributed by atoms with van der Waals surface area (Å²) < 4.78 is 26.0. The molecular formula is C21H22N6O2S. The zero-order valence-corrected chi connectivity index (χ0v) is 17.5. The van der Waals surface area contributed by atoms with E-state index in [4.69, 9.17) is 0 Å². The summed E-state index contributed by atoms with van der Waals surface area (Å²) in [5, 5.41) is 0.772. The number of hydrogen-bond acceptors (Lipinski definition) is 7. The standard InChI is InChI=1S/C21H22N6O2S/c1-30(28,29)17-5-6-19-18(12-17)21(23-15-22-19)26-10-8-25(9-11-26)13-16-14-27-7-3-2-4-20(27)24-16/h2-7,12,14-15H,8-11,13H2,1H3. The zero-order chi connectivity index (χ0) is 20.7. The van der Waals surface area contributed by atoms with Crippen molar-refractivity contribution in [1.82, 2.24) is 24.3 Å². The van der Waals surface area contributed by atoms with E-state index in [0.717, 1.165) is 60.8 Å². The molecule has 9 heteroatoms. The molecule has 0 radical (unpaired) electrons. The number of sulfone groups is 1. The molecule has 154 valence electrons. The second-order valence-electron chi connectivity index (χ2n) is 7.61. The van der Waals surface area contributed by atoms with Crippen molar-refractivity contribution in [3.05, 3.63) is 60.8 Å². The first kappa shape index (κ1) is 19.0. The summed E-state index contributed by atoms with van der Waals surface area (Å²) in [6.45, 7) is 4.18. The number of piperazine rings is 1. The molecule has 0 saturated carbocycles. The van der Waals surface area contributed by atoms with Gasteiger partial charge in [-0.15, -0.1) is 0 Å². The van der Waals surface area contributed by atoms with Gasteiger partial charge in [0.1, 0.15) is 17.8 Å². The average molecular weight is 423 g/mol. The topological polar surface area (TPSA) is 83.7 Å². The number of rotatable bonds is 4. The smallest absolute Gasteiger partial charge is 0.175 e. The van der Waals surface area contributed by atoms with E-state index in [1.165, 1.54) is 6.26 Å². The van der Waals surface area contributed by atoms with Crippen LogP contribution in [0.4, 0.5) is 5.82 Å². The predicted molar refractivity (Wildman–Crippen MR) is 115 cm³/mol. The predicted octanol–water partition coefficient (Wildman–Crippen LogP) is 2.00. The first-order valence-electron chi connectivity index (χ1n) is 9.82. The van der Waals surface area contributed by atoms with Gasteiger partial charge in [-0.3, -0.25) is 4.90 Å². The molecule has 0 spiro atoms. The van der Waals surface area contributed by atoms with Gasteiger partial charge in [-0.05, 0) is 30.3 Å². The van der Waals surface area contributed by atoms with Crippen molar-refractivity contribution in [1.29, 1.82) is 0 Å². The third kappa shape index (κ3) is 3.61. The number of anilines is 1. The summed E-state index contributed by atoms with van der Waals surface area (Å²) in [5.74, 6) is 0.790. The lowest BCUT2D eigenvalue weighted by atomic mass is 10.2. The Balaban J connectivity index is 1.34. The Kier molecular flexibility index (Phi) is 4.63. The van der Waals surface area contributed by atoms with Crippen LogP contribution in [-0.2, 0) is 16.4 Å². The first-order valence-corrected chi connectivity index (χ1v) is 11.7. The quantitative estimate of drug-likeness (QED) is 0.497. The van der Waals surface area contributed by atoms with E-state index in [0.29, 0.717) is 0 Å². The Bertz CT molecular complexity index is 1290. The van der Waals surface area contributed by atoms with Gasteiger partial charge < -0.3 is 9.30 Å². The molecule has 30 heavy (non-hydrogen) atoms. The minimum absolute atomic E-state index is 0.288. The number of nitrogens with zero attached hydrogens (tertiary/aromatic N) is 6. The molecule has 1 saturated heterocycles. The molecule has 0 bridgehead atoms. The fourth-order valence-electron chi connectivity index (χ4n) is 3.92. The van der Waals surface area contributed by atoms with E-state index in [9.17, 15) is 8.42 Å². The van der Waals surface area contributed by atoms with Crippen molar-refractivity contribution in [2.75, 3.05) is 37.3 Å². The van der Waals surface area contributed by atoms with E-state index in [1.807, 2.05) is 28.8 Å². The fourth-order valence-corrected chi connectivity index (χ4v) is 4.56. The monoisotopic (exact) mass is 422 g/mol. The van der Waals surface area contributed by atoms with Crippen LogP contribution in [-0.4, -0.2) is 65.1 Å². The van der Waals surface area contributed by atoms with E-state index >= 15 is 0 Å². The Morgan fingerprint density at radius 3 is 2.63 bits per heavy atom. The number of benzene rings is 1. The lowest BCUT2D eigenvalue weighted by molar-refractivity contribution is 0.247. The molecular weight excluding hydrogens is 400 g/mol. The number of pyridine rings is 1. The Morgan fingerprint density at radius 2 is 1.87 bits per heavy atom. The Morgan fingerprint density at radius 1 is 1.03 bits per heavy atom. The molecule has 0 unspecified atom stereocenters. The summed E-state index contributed by atoms with van der Waals surface area (Å²) in [6.07, 6.45) is 6.84. The molecule has 3 aromatic heterocycles. The van der Waals surface area contributed by atoms with Gasteiger partial charge in [0.25, 0.3) is 0 Å². The van der Waals surface area contributed by atoms with Crippen LogP contribution in [0.25, 0.3) is 16.6 Å². The van der Waals surface area contributed by atoms with E-state index < -0.39 is 9.84 Å². The molecule has 4 heterocycles. The lowest BCUT2D eigenvalue weighted by Gasteiger charge is -2.35. The van der Waals surface area contributed by atoms with Crippen molar-refractivity contribution < 1.29 is 8.42 Å². The van der Waals surface area contributed by atoms with Crippen molar-refractivity contribution in [3.8, 4) is 0 Å². The molecule has 1 aliphatic rings. The summed E-state index contributed by atoms with van der Waals surface area (Å²) in [6, 6.07) is 11.0. The van der Waals surface area contributed by atoms with Crippen LogP contribution in [0.3, 0.4) is 0 Å². The first-order chi connectivity index (χ1) is 14.5. The lowest BCUT2D eigenvalue weighted by Crippen LogP contribution is -2.46. The highest BCUT2D eigenvalue weighted by atomic mass is 32.2. The number of imidazole rings is 1. The largest absolute Gasteiger partial charge is 0.353 e. The van der Waals surface area contributed by atoms with Crippen molar-refractivity contribution in [3.63, 3.8) is 0 Å². The maximum Gasteiger partial charge on any atom is 0.175 e. The minimum Gasteiger partial charge on any atom is -0.353 e. The van der Waals surface area contributed by atoms with Gasteiger partial charge in [-0.1, -0.05) is 6.07 Å². The van der Waals surface area contributed by atoms with Crippen molar-refractivity contribution >= 4 is 32.2 Å². The van der Waals surface area contributed by atoms with Crippen LogP contribution in [0, 0.1) is 0 Å². The zero-order valence-electron chi connectivity index (χ0n) is 16.6. The molecule has 0 atom stereocenters. The van der Waals surface area contributed by atoms with Crippen LogP contribution in [0.5, 0.6) is 0 Å². The summed E-state index contributed by atoms with van der Waals surface area (Å²) >= 11 is 0. The SMILES string of the molecule is CS(=O)(=O)c1ccc2ncnc(N3CCN(Cc4cn5ccccc5n4)CC3)c2c1. The third-order valence-electron chi connectivity index (χ3n) is 5.49. The fraction of sp³-hybridized carbons (Fsp3) is 0.286. The second kappa shape index (κ2) is 7.33. The molecule has 5 rings (SSSR count). The Labute approximate surface area is 174 Å². The highest BCUT2D eigenvalue weighted by Gasteiger charge is 2.21.